The van der Waals surface area contributed by atoms with E-state index in [1.165, 1.54) is 23.1 Å². The number of hydrogen-bond acceptors (Lipinski definition) is 4. The van der Waals surface area contributed by atoms with Crippen LogP contribution in [0.2, 0.25) is 10.0 Å². The number of nitrogens with zero attached hydrogens (tertiary/aromatic N) is 2. The van der Waals surface area contributed by atoms with E-state index >= 15 is 0 Å². The summed E-state index contributed by atoms with van der Waals surface area (Å²) in [7, 11) is -4.16. The van der Waals surface area contributed by atoms with Crippen LogP contribution in [0.15, 0.2) is 77.7 Å². The highest BCUT2D eigenvalue weighted by Crippen LogP contribution is 2.27. The summed E-state index contributed by atoms with van der Waals surface area (Å²) in [4.78, 5) is 28.1. The molecule has 10 heteroatoms. The molecule has 0 unspecified atom stereocenters. The third kappa shape index (κ3) is 7.28. The largest absolute Gasteiger partial charge is 0.354 e. The van der Waals surface area contributed by atoms with Crippen molar-refractivity contribution < 1.29 is 18.0 Å². The zero-order valence-electron chi connectivity index (χ0n) is 21.5. The van der Waals surface area contributed by atoms with Crippen molar-refractivity contribution in [1.82, 2.24) is 10.2 Å². The first-order chi connectivity index (χ1) is 18.0. The van der Waals surface area contributed by atoms with Gasteiger partial charge in [-0.05, 0) is 62.2 Å². The maximum atomic E-state index is 13.8. The van der Waals surface area contributed by atoms with Crippen molar-refractivity contribution in [3.8, 4) is 0 Å². The van der Waals surface area contributed by atoms with Crippen LogP contribution < -0.4 is 9.62 Å². The third-order valence-electron chi connectivity index (χ3n) is 6.00. The molecule has 0 fully saturated rings. The lowest BCUT2D eigenvalue weighted by molar-refractivity contribution is -0.139. The number of amides is 2. The number of halogens is 2. The summed E-state index contributed by atoms with van der Waals surface area (Å²) in [6.07, 6.45) is 0.730. The summed E-state index contributed by atoms with van der Waals surface area (Å²) in [6, 6.07) is 18.8. The molecule has 7 nitrogen and oxygen atoms in total. The van der Waals surface area contributed by atoms with Crippen molar-refractivity contribution in [1.29, 1.82) is 0 Å². The highest BCUT2D eigenvalue weighted by atomic mass is 35.5. The topological polar surface area (TPSA) is 86.8 Å². The van der Waals surface area contributed by atoms with Crippen LogP contribution in [0.4, 0.5) is 5.69 Å². The molecule has 3 aromatic rings. The second kappa shape index (κ2) is 13.1. The number of hydrogen-bond donors (Lipinski definition) is 1. The first-order valence-corrected chi connectivity index (χ1v) is 14.4. The Hall–Kier alpha value is -3.07. The molecule has 0 saturated heterocycles. The van der Waals surface area contributed by atoms with Crippen LogP contribution >= 0.6 is 23.2 Å². The lowest BCUT2D eigenvalue weighted by Gasteiger charge is -2.32. The Morgan fingerprint density at radius 3 is 2.29 bits per heavy atom. The Morgan fingerprint density at radius 2 is 1.66 bits per heavy atom. The molecule has 0 aromatic heterocycles. The van der Waals surface area contributed by atoms with Crippen LogP contribution in [0.25, 0.3) is 0 Å². The van der Waals surface area contributed by atoms with Crippen molar-refractivity contribution in [2.75, 3.05) is 17.4 Å². The Labute approximate surface area is 234 Å². The monoisotopic (exact) mass is 575 g/mol. The summed E-state index contributed by atoms with van der Waals surface area (Å²) in [5.41, 5.74) is 1.76. The molecule has 0 aliphatic rings. The normalized spacial score (nSPS) is 12.0. The molecule has 38 heavy (non-hydrogen) atoms. The summed E-state index contributed by atoms with van der Waals surface area (Å²) in [5, 5.41) is 3.56. The van der Waals surface area contributed by atoms with Crippen molar-refractivity contribution in [3.63, 3.8) is 0 Å². The van der Waals surface area contributed by atoms with Gasteiger partial charge in [0, 0.05) is 23.1 Å². The minimum atomic E-state index is -4.16. The van der Waals surface area contributed by atoms with Crippen LogP contribution in [0.5, 0.6) is 0 Å². The van der Waals surface area contributed by atoms with Gasteiger partial charge in [0.2, 0.25) is 11.8 Å². The average molecular weight is 577 g/mol. The first-order valence-electron chi connectivity index (χ1n) is 12.2. The fourth-order valence-electron chi connectivity index (χ4n) is 3.79. The van der Waals surface area contributed by atoms with Gasteiger partial charge in [0.05, 0.1) is 10.6 Å². The third-order valence-corrected chi connectivity index (χ3v) is 8.39. The molecule has 2 amide bonds. The quantitative estimate of drug-likeness (QED) is 0.330. The number of benzene rings is 3. The van der Waals surface area contributed by atoms with E-state index in [1.807, 2.05) is 13.8 Å². The zero-order chi connectivity index (χ0) is 27.9. The van der Waals surface area contributed by atoms with E-state index in [2.05, 4.69) is 5.32 Å². The molecule has 0 bridgehead atoms. The lowest BCUT2D eigenvalue weighted by atomic mass is 10.1. The van der Waals surface area contributed by atoms with Gasteiger partial charge in [0.25, 0.3) is 10.0 Å². The number of anilines is 1. The van der Waals surface area contributed by atoms with Gasteiger partial charge in [0.15, 0.2) is 0 Å². The molecular weight excluding hydrogens is 545 g/mol. The maximum Gasteiger partial charge on any atom is 0.264 e. The van der Waals surface area contributed by atoms with E-state index in [0.29, 0.717) is 22.2 Å². The molecule has 0 aliphatic carbocycles. The average Bonchev–Trinajstić information content (AvgIpc) is 2.89. The van der Waals surface area contributed by atoms with E-state index < -0.39 is 28.5 Å². The predicted octanol–water partition coefficient (Wildman–Crippen LogP) is 5.44. The van der Waals surface area contributed by atoms with E-state index in [9.17, 15) is 18.0 Å². The van der Waals surface area contributed by atoms with E-state index in [1.54, 1.807) is 61.5 Å². The molecule has 0 saturated carbocycles. The highest BCUT2D eigenvalue weighted by molar-refractivity contribution is 7.92. The number of rotatable bonds is 11. The van der Waals surface area contributed by atoms with Crippen LogP contribution in [-0.4, -0.2) is 44.3 Å². The molecule has 0 radical (unpaired) electrons. The van der Waals surface area contributed by atoms with Crippen LogP contribution in [0, 0.1) is 6.92 Å². The van der Waals surface area contributed by atoms with Crippen molar-refractivity contribution in [3.05, 3.63) is 94.0 Å². The molecule has 3 aromatic carbocycles. The number of sulfonamides is 1. The fourth-order valence-corrected chi connectivity index (χ4v) is 5.57. The number of aryl methyl sites for hydroxylation is 1. The van der Waals surface area contributed by atoms with E-state index in [4.69, 9.17) is 23.2 Å². The lowest BCUT2D eigenvalue weighted by Crippen LogP contribution is -2.51. The molecule has 0 heterocycles. The SMILES string of the molecule is CCCNC(=O)[C@H](C)N(Cc1ccccc1Cl)C(=O)CN(c1cccc(Cl)c1)S(=O)(=O)c1ccc(C)cc1. The van der Waals surface area contributed by atoms with Gasteiger partial charge in [-0.2, -0.15) is 0 Å². The Bertz CT molecular complexity index is 1380. The zero-order valence-corrected chi connectivity index (χ0v) is 23.9. The van der Waals surface area contributed by atoms with Crippen LogP contribution in [-0.2, 0) is 26.2 Å². The summed E-state index contributed by atoms with van der Waals surface area (Å²) >= 11 is 12.6. The molecule has 3 rings (SSSR count). The molecule has 1 atom stereocenters. The first kappa shape index (κ1) is 29.5. The van der Waals surface area contributed by atoms with Gasteiger partial charge in [-0.3, -0.25) is 13.9 Å². The minimum Gasteiger partial charge on any atom is -0.354 e. The second-order valence-electron chi connectivity index (χ2n) is 8.88. The van der Waals surface area contributed by atoms with E-state index in [-0.39, 0.29) is 23.0 Å². The second-order valence-corrected chi connectivity index (χ2v) is 11.6. The summed E-state index contributed by atoms with van der Waals surface area (Å²) in [5.74, 6) is -0.914. The maximum absolute atomic E-state index is 13.8. The fraction of sp³-hybridized carbons (Fsp3) is 0.286. The Morgan fingerprint density at radius 1 is 0.974 bits per heavy atom. The smallest absolute Gasteiger partial charge is 0.264 e. The Kier molecular flexibility index (Phi) is 10.2. The highest BCUT2D eigenvalue weighted by Gasteiger charge is 2.32. The van der Waals surface area contributed by atoms with Crippen molar-refractivity contribution >= 4 is 50.7 Å². The van der Waals surface area contributed by atoms with Gasteiger partial charge < -0.3 is 10.2 Å². The number of nitrogens with one attached hydrogen (secondary N) is 1. The number of carbonyl (C=O) groups excluding carboxylic acids is 2. The van der Waals surface area contributed by atoms with Gasteiger partial charge in [-0.1, -0.05) is 72.1 Å². The van der Waals surface area contributed by atoms with Gasteiger partial charge in [-0.15, -0.1) is 0 Å². The van der Waals surface area contributed by atoms with Crippen LogP contribution in [0.1, 0.15) is 31.4 Å². The van der Waals surface area contributed by atoms with Crippen molar-refractivity contribution in [2.24, 2.45) is 0 Å². The molecule has 0 spiro atoms. The molecular formula is C28H31Cl2N3O4S. The van der Waals surface area contributed by atoms with Crippen LogP contribution in [0.3, 0.4) is 0 Å². The van der Waals surface area contributed by atoms with Gasteiger partial charge in [0.1, 0.15) is 12.6 Å². The standard InChI is InChI=1S/C28H31Cl2N3O4S/c1-4-16-31-28(35)21(3)32(18-22-8-5-6-11-26(22)30)27(34)19-33(24-10-7-9-23(29)17-24)38(36,37)25-14-12-20(2)13-15-25/h5-15,17,21H,4,16,18-19H2,1-3H3,(H,31,35)/t21-/m0/s1. The Balaban J connectivity index is 2.03. The van der Waals surface area contributed by atoms with Crippen molar-refractivity contribution in [2.45, 2.75) is 44.7 Å². The minimum absolute atomic E-state index is 0.0210. The summed E-state index contributed by atoms with van der Waals surface area (Å²) in [6.45, 7) is 5.31. The molecule has 0 aliphatic heterocycles. The number of carbonyl (C=O) groups is 2. The van der Waals surface area contributed by atoms with E-state index in [0.717, 1.165) is 16.3 Å². The van der Waals surface area contributed by atoms with Gasteiger partial charge in [-0.25, -0.2) is 8.42 Å². The summed E-state index contributed by atoms with van der Waals surface area (Å²) < 4.78 is 28.6. The van der Waals surface area contributed by atoms with Gasteiger partial charge >= 0.3 is 0 Å². The predicted molar refractivity (Wildman–Crippen MR) is 152 cm³/mol. The molecule has 1 N–H and O–H groups in total. The molecule has 202 valence electrons.